The molecule has 0 spiro atoms. The van der Waals surface area contributed by atoms with Crippen molar-refractivity contribution >= 4 is 53.2 Å². The number of hydrogen-bond acceptors (Lipinski definition) is 1. The molecule has 0 unspecified atom stereocenters. The molecule has 0 saturated carbocycles. The summed E-state index contributed by atoms with van der Waals surface area (Å²) in [4.78, 5) is 7.50. The molecule has 35 heavy (non-hydrogen) atoms. The van der Waals surface area contributed by atoms with Crippen molar-refractivity contribution in [1.82, 2.24) is 0 Å². The van der Waals surface area contributed by atoms with Crippen LogP contribution in [0.1, 0.15) is 20.8 Å². The van der Waals surface area contributed by atoms with Gasteiger partial charge in [-0.1, -0.05) is 0 Å². The maximum atomic E-state index is 7.42. The summed E-state index contributed by atoms with van der Waals surface area (Å²) in [6.07, 6.45) is 0. The van der Waals surface area contributed by atoms with Crippen LogP contribution in [0.15, 0.2) is 75.4 Å². The Morgan fingerprint density at radius 3 is 1.49 bits per heavy atom. The molecule has 0 bridgehead atoms. The quantitative estimate of drug-likeness (QED) is 0.139. The van der Waals surface area contributed by atoms with Crippen LogP contribution < -0.4 is 10.4 Å². The van der Waals surface area contributed by atoms with E-state index in [2.05, 4.69) is 153 Å². The molecule has 0 aliphatic heterocycles. The van der Waals surface area contributed by atoms with Crippen LogP contribution in [0.5, 0.6) is 0 Å². The summed E-state index contributed by atoms with van der Waals surface area (Å²) >= 11 is -2.44. The molecule has 0 saturated heterocycles. The molecule has 0 aliphatic rings. The monoisotopic (exact) mass is 626 g/mol. The van der Waals surface area contributed by atoms with Gasteiger partial charge in [0, 0.05) is 0 Å². The fraction of sp³-hybridized carbons (Fsp3) is 0.433. The van der Waals surface area contributed by atoms with Crippen molar-refractivity contribution in [2.75, 3.05) is 0 Å². The summed E-state index contributed by atoms with van der Waals surface area (Å²) in [6.45, 7) is 21.2. The van der Waals surface area contributed by atoms with E-state index in [4.69, 9.17) is 4.43 Å². The van der Waals surface area contributed by atoms with Gasteiger partial charge in [0.25, 0.3) is 0 Å². The van der Waals surface area contributed by atoms with Crippen LogP contribution >= 0.6 is 0 Å². The van der Waals surface area contributed by atoms with Gasteiger partial charge in [-0.05, 0) is 0 Å². The summed E-state index contributed by atoms with van der Waals surface area (Å²) in [5.74, 6) is 4.34. The molecule has 0 N–H and O–H groups in total. The molecular formula is C30H46OSi3Sn. The zero-order valence-electron chi connectivity index (χ0n) is 24.2. The van der Waals surface area contributed by atoms with E-state index >= 15 is 0 Å². The van der Waals surface area contributed by atoms with E-state index in [1.54, 1.807) is 3.21 Å². The molecule has 0 aliphatic carbocycles. The summed E-state index contributed by atoms with van der Waals surface area (Å²) in [7, 11) is -5.95. The van der Waals surface area contributed by atoms with E-state index in [1.165, 1.54) is 10.4 Å². The SMILES string of the molecule is CC(C)(C)[Si](OC(=C=[C]([Si](C)(C)C)[Sn]([CH3])([CH3])[CH3])C#C[Si](C)(C)C)(c1ccccc1)c1ccccc1. The predicted molar refractivity (Wildman–Crippen MR) is 167 cm³/mol. The maximum absolute atomic E-state index is 7.42. The second kappa shape index (κ2) is 11.0. The van der Waals surface area contributed by atoms with Gasteiger partial charge in [0.1, 0.15) is 0 Å². The molecule has 0 fully saturated rings. The Hall–Kier alpha value is -1.23. The molecule has 0 heterocycles. The van der Waals surface area contributed by atoms with E-state index in [-0.39, 0.29) is 5.04 Å². The summed E-state index contributed by atoms with van der Waals surface area (Å²) in [5.41, 5.74) is 7.54. The Balaban J connectivity index is 3.04. The fourth-order valence-corrected chi connectivity index (χ4v) is 33.0. The molecule has 1 nitrogen and oxygen atoms in total. The van der Waals surface area contributed by atoms with Gasteiger partial charge >= 0.3 is 224 Å². The van der Waals surface area contributed by atoms with E-state index in [0.29, 0.717) is 0 Å². The van der Waals surface area contributed by atoms with Gasteiger partial charge in [0.2, 0.25) is 0 Å². The van der Waals surface area contributed by atoms with Crippen molar-refractivity contribution in [3.05, 3.63) is 75.4 Å². The van der Waals surface area contributed by atoms with Gasteiger partial charge in [-0.3, -0.25) is 0 Å². The normalized spacial score (nSPS) is 12.8. The molecular weight excluding hydrogens is 579 g/mol. The Kier molecular flexibility index (Phi) is 9.45. The zero-order chi connectivity index (χ0) is 26.7. The van der Waals surface area contributed by atoms with Gasteiger partial charge in [-0.25, -0.2) is 0 Å². The first-order valence-electron chi connectivity index (χ1n) is 12.7. The molecule has 188 valence electrons. The van der Waals surface area contributed by atoms with Crippen LogP contribution in [0.3, 0.4) is 0 Å². The molecule has 2 aromatic carbocycles. The van der Waals surface area contributed by atoms with Crippen molar-refractivity contribution in [2.24, 2.45) is 0 Å². The number of rotatable bonds is 6. The molecule has 0 radical (unpaired) electrons. The van der Waals surface area contributed by atoms with Crippen LogP contribution in [0.4, 0.5) is 0 Å². The second-order valence-electron chi connectivity index (χ2n) is 13.6. The molecule has 2 rings (SSSR count). The summed E-state index contributed by atoms with van der Waals surface area (Å²) in [5, 5.41) is 2.46. The van der Waals surface area contributed by atoms with Crippen molar-refractivity contribution in [2.45, 2.75) is 79.9 Å². The van der Waals surface area contributed by atoms with Crippen molar-refractivity contribution in [1.29, 1.82) is 0 Å². The summed E-state index contributed by atoms with van der Waals surface area (Å²) < 4.78 is 8.99. The van der Waals surface area contributed by atoms with Gasteiger partial charge in [0.15, 0.2) is 0 Å². The number of benzene rings is 2. The first-order valence-corrected chi connectivity index (χ1v) is 31.6. The standard InChI is InChI=1S/C27H37OSi3.3CH3.Sn/c1-27(2,3)31(25-16-12-10-13-17-25,26-18-14-11-15-19-26)28-24(20-22-29(4,5)6)21-23-30(7,8)9;;;;/h10-19H,1-9H3;3*1H3;. The zero-order valence-corrected chi connectivity index (χ0v) is 30.0. The van der Waals surface area contributed by atoms with E-state index in [0.717, 1.165) is 5.76 Å². The van der Waals surface area contributed by atoms with Gasteiger partial charge in [-0.2, -0.15) is 0 Å². The van der Waals surface area contributed by atoms with Gasteiger partial charge in [-0.15, -0.1) is 0 Å². The van der Waals surface area contributed by atoms with E-state index in [9.17, 15) is 0 Å². The first-order chi connectivity index (χ1) is 15.9. The van der Waals surface area contributed by atoms with Crippen LogP contribution in [0, 0.1) is 11.5 Å². The van der Waals surface area contributed by atoms with Crippen molar-refractivity contribution in [3.8, 4) is 11.5 Å². The fourth-order valence-electron chi connectivity index (χ4n) is 4.74. The molecule has 2 aromatic rings. The first kappa shape index (κ1) is 30.0. The topological polar surface area (TPSA) is 9.23 Å². The number of allylic oxidation sites excluding steroid dienone is 1. The van der Waals surface area contributed by atoms with Crippen LogP contribution in [0.2, 0.25) is 59.1 Å². The predicted octanol–water partition coefficient (Wildman–Crippen LogP) is 7.61. The molecule has 5 heteroatoms. The van der Waals surface area contributed by atoms with Gasteiger partial charge < -0.3 is 0 Å². The third kappa shape index (κ3) is 7.87. The molecule has 0 aromatic heterocycles. The third-order valence-corrected chi connectivity index (χ3v) is 29.5. The number of hydrogen-bond donors (Lipinski definition) is 0. The summed E-state index contributed by atoms with van der Waals surface area (Å²) in [6, 6.07) is 21.7. The van der Waals surface area contributed by atoms with Gasteiger partial charge in [0.05, 0.1) is 0 Å². The van der Waals surface area contributed by atoms with Crippen LogP contribution in [0.25, 0.3) is 0 Å². The average molecular weight is 626 g/mol. The minimum atomic E-state index is -2.75. The Labute approximate surface area is 223 Å². The van der Waals surface area contributed by atoms with Crippen LogP contribution in [-0.2, 0) is 4.43 Å². The minimum absolute atomic E-state index is 0.103. The third-order valence-electron chi connectivity index (χ3n) is 5.96. The molecule has 0 atom stereocenters. The van der Waals surface area contributed by atoms with Crippen molar-refractivity contribution in [3.63, 3.8) is 0 Å². The van der Waals surface area contributed by atoms with E-state index < -0.39 is 42.8 Å². The van der Waals surface area contributed by atoms with Crippen molar-refractivity contribution < 1.29 is 4.43 Å². The Morgan fingerprint density at radius 1 is 0.743 bits per heavy atom. The average Bonchev–Trinajstić information content (AvgIpc) is 2.71. The second-order valence-corrected chi connectivity index (χ2v) is 43.3. The van der Waals surface area contributed by atoms with Crippen LogP contribution in [-0.4, -0.2) is 42.8 Å². The molecule has 0 amide bonds. The Morgan fingerprint density at radius 2 is 1.17 bits per heavy atom. The van der Waals surface area contributed by atoms with E-state index in [1.807, 2.05) is 0 Å². The Bertz CT molecular complexity index is 1070.